The molecule has 0 radical (unpaired) electrons. The Morgan fingerprint density at radius 3 is 2.26 bits per heavy atom. The number of nitrogens with zero attached hydrogens (tertiary/aromatic N) is 1. The second-order valence-corrected chi connectivity index (χ2v) is 6.08. The molecule has 1 aliphatic carbocycles. The molecule has 0 atom stereocenters. The van der Waals surface area contributed by atoms with E-state index in [9.17, 15) is 9.59 Å². The van der Waals surface area contributed by atoms with Crippen molar-refractivity contribution in [2.45, 2.75) is 18.9 Å². The highest BCUT2D eigenvalue weighted by Gasteiger charge is 2.24. The van der Waals surface area contributed by atoms with Crippen LogP contribution in [0, 0.1) is 0 Å². The SMILES string of the molecule is O=C(Nc1c(Cl)cccc1Cl)c1cncc(C(=O)NC2CC2)c1. The minimum Gasteiger partial charge on any atom is -0.349 e. The molecule has 2 amide bonds. The van der Waals surface area contributed by atoms with Crippen LogP contribution in [0.3, 0.4) is 0 Å². The number of benzene rings is 1. The Hall–Kier alpha value is -2.11. The summed E-state index contributed by atoms with van der Waals surface area (Å²) >= 11 is 12.1. The number of carbonyl (C=O) groups excluding carboxylic acids is 2. The molecule has 0 spiro atoms. The lowest BCUT2D eigenvalue weighted by Crippen LogP contribution is -2.26. The standard InChI is InChI=1S/C16H13Cl2N3O2/c17-12-2-1-3-13(18)14(12)21-16(23)10-6-9(7-19-8-10)15(22)20-11-4-5-11/h1-3,6-8,11H,4-5H2,(H,20,22)(H,21,23). The Labute approximate surface area is 143 Å². The van der Waals surface area contributed by atoms with Crippen LogP contribution in [0.2, 0.25) is 10.0 Å². The third kappa shape index (κ3) is 3.81. The molecule has 5 nitrogen and oxygen atoms in total. The highest BCUT2D eigenvalue weighted by Crippen LogP contribution is 2.30. The minimum absolute atomic E-state index is 0.231. The maximum absolute atomic E-state index is 12.3. The summed E-state index contributed by atoms with van der Waals surface area (Å²) in [6.07, 6.45) is 4.79. The van der Waals surface area contributed by atoms with E-state index in [4.69, 9.17) is 23.2 Å². The van der Waals surface area contributed by atoms with Gasteiger partial charge in [0.05, 0.1) is 26.9 Å². The molecule has 23 heavy (non-hydrogen) atoms. The van der Waals surface area contributed by atoms with Crippen molar-refractivity contribution >= 4 is 40.7 Å². The van der Waals surface area contributed by atoms with Crippen molar-refractivity contribution in [3.63, 3.8) is 0 Å². The number of para-hydroxylation sites is 1. The number of aromatic nitrogens is 1. The van der Waals surface area contributed by atoms with E-state index >= 15 is 0 Å². The second-order valence-electron chi connectivity index (χ2n) is 5.26. The molecule has 1 aromatic heterocycles. The number of hydrogen-bond donors (Lipinski definition) is 2. The molecule has 1 aromatic carbocycles. The van der Waals surface area contributed by atoms with Crippen molar-refractivity contribution in [1.29, 1.82) is 0 Å². The molecule has 2 N–H and O–H groups in total. The summed E-state index contributed by atoms with van der Waals surface area (Å²) in [5.41, 5.74) is 0.924. The first-order valence-corrected chi connectivity index (χ1v) is 7.81. The van der Waals surface area contributed by atoms with Gasteiger partial charge in [0.15, 0.2) is 0 Å². The Morgan fingerprint density at radius 2 is 1.65 bits per heavy atom. The normalized spacial score (nSPS) is 13.5. The quantitative estimate of drug-likeness (QED) is 0.886. The number of nitrogens with one attached hydrogen (secondary N) is 2. The molecule has 0 saturated heterocycles. The van der Waals surface area contributed by atoms with Gasteiger partial charge in [0.1, 0.15) is 0 Å². The molecule has 7 heteroatoms. The smallest absolute Gasteiger partial charge is 0.257 e. The van der Waals surface area contributed by atoms with Crippen LogP contribution in [0.4, 0.5) is 5.69 Å². The highest BCUT2D eigenvalue weighted by molar-refractivity contribution is 6.40. The lowest BCUT2D eigenvalue weighted by atomic mass is 10.2. The summed E-state index contributed by atoms with van der Waals surface area (Å²) in [6.45, 7) is 0. The van der Waals surface area contributed by atoms with E-state index in [1.165, 1.54) is 18.5 Å². The Bertz CT molecular complexity index is 755. The van der Waals surface area contributed by atoms with Gasteiger partial charge in [0.2, 0.25) is 0 Å². The average molecular weight is 350 g/mol. The zero-order valence-corrected chi connectivity index (χ0v) is 13.5. The molecule has 118 valence electrons. The van der Waals surface area contributed by atoms with Crippen LogP contribution in [-0.2, 0) is 0 Å². The van der Waals surface area contributed by atoms with E-state index in [2.05, 4.69) is 15.6 Å². The second kappa shape index (κ2) is 6.56. The third-order valence-electron chi connectivity index (χ3n) is 3.38. The van der Waals surface area contributed by atoms with Crippen molar-refractivity contribution in [1.82, 2.24) is 10.3 Å². The summed E-state index contributed by atoms with van der Waals surface area (Å²) in [5.74, 6) is -0.668. The zero-order valence-electron chi connectivity index (χ0n) is 12.0. The van der Waals surface area contributed by atoms with Crippen LogP contribution < -0.4 is 10.6 Å². The van der Waals surface area contributed by atoms with Crippen molar-refractivity contribution in [2.75, 3.05) is 5.32 Å². The van der Waals surface area contributed by atoms with Crippen LogP contribution >= 0.6 is 23.2 Å². The van der Waals surface area contributed by atoms with E-state index in [0.29, 0.717) is 21.3 Å². The average Bonchev–Trinajstić information content (AvgIpc) is 3.35. The van der Waals surface area contributed by atoms with Crippen LogP contribution in [0.15, 0.2) is 36.7 Å². The molecular formula is C16H13Cl2N3O2. The maximum Gasteiger partial charge on any atom is 0.257 e. The van der Waals surface area contributed by atoms with Crippen molar-refractivity contribution in [3.05, 3.63) is 57.8 Å². The zero-order chi connectivity index (χ0) is 16.4. The first-order chi connectivity index (χ1) is 11.0. The molecule has 1 aliphatic rings. The van der Waals surface area contributed by atoms with Crippen LogP contribution in [0.5, 0.6) is 0 Å². The molecule has 0 bridgehead atoms. The predicted octanol–water partition coefficient (Wildman–Crippen LogP) is 3.53. The summed E-state index contributed by atoms with van der Waals surface area (Å²) in [5, 5.41) is 6.16. The van der Waals surface area contributed by atoms with Gasteiger partial charge in [0, 0.05) is 18.4 Å². The number of hydrogen-bond acceptors (Lipinski definition) is 3. The fraction of sp³-hybridized carbons (Fsp3) is 0.188. The molecule has 0 aliphatic heterocycles. The Balaban J connectivity index is 1.78. The van der Waals surface area contributed by atoms with E-state index in [1.54, 1.807) is 18.2 Å². The number of carbonyl (C=O) groups is 2. The van der Waals surface area contributed by atoms with Gasteiger partial charge >= 0.3 is 0 Å². The van der Waals surface area contributed by atoms with Gasteiger partial charge in [-0.15, -0.1) is 0 Å². The van der Waals surface area contributed by atoms with Crippen molar-refractivity contribution in [2.24, 2.45) is 0 Å². The largest absolute Gasteiger partial charge is 0.349 e. The van der Waals surface area contributed by atoms with Crippen LogP contribution in [0.25, 0.3) is 0 Å². The van der Waals surface area contributed by atoms with Gasteiger partial charge in [0.25, 0.3) is 11.8 Å². The van der Waals surface area contributed by atoms with Crippen LogP contribution in [-0.4, -0.2) is 22.8 Å². The lowest BCUT2D eigenvalue weighted by molar-refractivity contribution is 0.0950. The fourth-order valence-electron chi connectivity index (χ4n) is 1.99. The van der Waals surface area contributed by atoms with Gasteiger partial charge in [-0.3, -0.25) is 14.6 Å². The van der Waals surface area contributed by atoms with E-state index in [-0.39, 0.29) is 17.5 Å². The van der Waals surface area contributed by atoms with E-state index < -0.39 is 5.91 Å². The molecule has 1 saturated carbocycles. The van der Waals surface area contributed by atoms with Gasteiger partial charge < -0.3 is 10.6 Å². The number of anilines is 1. The van der Waals surface area contributed by atoms with Gasteiger partial charge in [-0.05, 0) is 31.0 Å². The topological polar surface area (TPSA) is 71.1 Å². The highest BCUT2D eigenvalue weighted by atomic mass is 35.5. The molecule has 3 rings (SSSR count). The number of amides is 2. The van der Waals surface area contributed by atoms with Crippen LogP contribution in [0.1, 0.15) is 33.6 Å². The van der Waals surface area contributed by atoms with Gasteiger partial charge in [-0.2, -0.15) is 0 Å². The fourth-order valence-corrected chi connectivity index (χ4v) is 2.48. The minimum atomic E-state index is -0.437. The molecular weight excluding hydrogens is 337 g/mol. The maximum atomic E-state index is 12.3. The van der Waals surface area contributed by atoms with E-state index in [0.717, 1.165) is 12.8 Å². The van der Waals surface area contributed by atoms with Crippen molar-refractivity contribution < 1.29 is 9.59 Å². The molecule has 1 heterocycles. The molecule has 0 unspecified atom stereocenters. The van der Waals surface area contributed by atoms with Crippen molar-refractivity contribution in [3.8, 4) is 0 Å². The summed E-state index contributed by atoms with van der Waals surface area (Å²) in [6, 6.07) is 6.67. The monoisotopic (exact) mass is 349 g/mol. The predicted molar refractivity (Wildman–Crippen MR) is 89.1 cm³/mol. The van der Waals surface area contributed by atoms with Gasteiger partial charge in [-0.1, -0.05) is 29.3 Å². The first kappa shape index (κ1) is 15.8. The number of pyridine rings is 1. The van der Waals surface area contributed by atoms with Gasteiger partial charge in [-0.25, -0.2) is 0 Å². The summed E-state index contributed by atoms with van der Waals surface area (Å²) in [4.78, 5) is 28.3. The Kier molecular flexibility index (Phi) is 4.50. The first-order valence-electron chi connectivity index (χ1n) is 7.06. The number of rotatable bonds is 4. The third-order valence-corrected chi connectivity index (χ3v) is 4.01. The summed E-state index contributed by atoms with van der Waals surface area (Å²) < 4.78 is 0. The van der Waals surface area contributed by atoms with E-state index in [1.807, 2.05) is 0 Å². The molecule has 2 aromatic rings. The Morgan fingerprint density at radius 1 is 1.04 bits per heavy atom. The number of halogens is 2. The summed E-state index contributed by atoms with van der Waals surface area (Å²) in [7, 11) is 0. The molecule has 1 fully saturated rings. The lowest BCUT2D eigenvalue weighted by Gasteiger charge is -2.09.